The molecule has 134 valence electrons. The number of hydrogen-bond donors (Lipinski definition) is 0. The summed E-state index contributed by atoms with van der Waals surface area (Å²) in [6.07, 6.45) is 4.24. The average Bonchev–Trinajstić information content (AvgIpc) is 3.00. The molecule has 0 aromatic carbocycles. The number of likely N-dealkylation sites (N-methyl/N-ethyl adjacent to an activating group) is 1. The minimum absolute atomic E-state index is 0.0536. The van der Waals surface area contributed by atoms with Crippen molar-refractivity contribution >= 4 is 11.9 Å². The van der Waals surface area contributed by atoms with Crippen LogP contribution in [0.25, 0.3) is 0 Å². The average molecular weight is 336 g/mol. The monoisotopic (exact) mass is 336 g/mol. The van der Waals surface area contributed by atoms with Crippen molar-refractivity contribution in [2.75, 3.05) is 26.7 Å². The first-order valence-electron chi connectivity index (χ1n) is 8.51. The van der Waals surface area contributed by atoms with Crippen LogP contribution in [0.2, 0.25) is 0 Å². The van der Waals surface area contributed by atoms with Crippen molar-refractivity contribution in [2.45, 2.75) is 51.7 Å². The number of amides is 1. The third-order valence-electron chi connectivity index (χ3n) is 3.99. The predicted molar refractivity (Wildman–Crippen MR) is 91.1 cm³/mol. The van der Waals surface area contributed by atoms with Crippen LogP contribution in [0.3, 0.4) is 0 Å². The highest BCUT2D eigenvalue weighted by atomic mass is 16.6. The fourth-order valence-corrected chi connectivity index (χ4v) is 2.94. The van der Waals surface area contributed by atoms with Gasteiger partial charge in [-0.2, -0.15) is 0 Å². The summed E-state index contributed by atoms with van der Waals surface area (Å²) in [5, 5.41) is 0. The molecule has 0 N–H and O–H groups in total. The Bertz CT molecular complexity index is 548. The van der Waals surface area contributed by atoms with E-state index in [9.17, 15) is 9.59 Å². The zero-order valence-electron chi connectivity index (χ0n) is 15.1. The smallest absolute Gasteiger partial charge is 0.410 e. The van der Waals surface area contributed by atoms with Crippen LogP contribution in [0.15, 0.2) is 22.8 Å². The lowest BCUT2D eigenvalue weighted by Gasteiger charge is -2.38. The number of furan rings is 1. The molecule has 2 heterocycles. The third-order valence-corrected chi connectivity index (χ3v) is 3.99. The van der Waals surface area contributed by atoms with Gasteiger partial charge in [-0.15, -0.1) is 0 Å². The molecule has 24 heavy (non-hydrogen) atoms. The first-order chi connectivity index (χ1) is 11.3. The molecule has 1 fully saturated rings. The number of carbonyl (C=O) groups excluding carboxylic acids is 2. The van der Waals surface area contributed by atoms with Gasteiger partial charge in [-0.05, 0) is 59.2 Å². The van der Waals surface area contributed by atoms with E-state index in [2.05, 4.69) is 0 Å². The molecular weight excluding hydrogens is 308 g/mol. The second-order valence-electron chi connectivity index (χ2n) is 7.42. The van der Waals surface area contributed by atoms with Crippen LogP contribution < -0.4 is 0 Å². The number of carbonyl (C=O) groups is 2. The Morgan fingerprint density at radius 2 is 2.12 bits per heavy atom. The van der Waals surface area contributed by atoms with Gasteiger partial charge in [-0.25, -0.2) is 4.79 Å². The number of hydrogen-bond acceptors (Lipinski definition) is 5. The highest BCUT2D eigenvalue weighted by molar-refractivity contribution is 5.94. The van der Waals surface area contributed by atoms with Gasteiger partial charge >= 0.3 is 6.09 Å². The number of likely N-dealkylation sites (tertiary alicyclic amines) is 1. The van der Waals surface area contributed by atoms with Crippen molar-refractivity contribution in [3.63, 3.8) is 0 Å². The van der Waals surface area contributed by atoms with E-state index in [-0.39, 0.29) is 24.5 Å². The minimum Gasteiger partial charge on any atom is -0.461 e. The van der Waals surface area contributed by atoms with Crippen LogP contribution >= 0.6 is 0 Å². The summed E-state index contributed by atoms with van der Waals surface area (Å²) >= 11 is 0. The van der Waals surface area contributed by atoms with E-state index >= 15 is 0 Å². The Morgan fingerprint density at radius 3 is 2.75 bits per heavy atom. The number of ether oxygens (including phenoxy) is 1. The molecule has 0 radical (unpaired) electrons. The molecule has 1 aliphatic heterocycles. The lowest BCUT2D eigenvalue weighted by molar-refractivity contribution is 0.00635. The lowest BCUT2D eigenvalue weighted by atomic mass is 10.0. The number of piperidine rings is 1. The standard InChI is InChI=1S/C18H28N2O4/c1-18(2,3)24-17(22)20-10-6-5-8-14(20)12-19(4)13-15(21)16-9-7-11-23-16/h7,9,11,14H,5-6,8,10,12-13H2,1-4H3. The van der Waals surface area contributed by atoms with Crippen LogP contribution in [-0.2, 0) is 4.74 Å². The summed E-state index contributed by atoms with van der Waals surface area (Å²) in [6, 6.07) is 3.45. The van der Waals surface area contributed by atoms with Gasteiger partial charge in [-0.3, -0.25) is 9.69 Å². The largest absolute Gasteiger partial charge is 0.461 e. The molecule has 6 heteroatoms. The molecule has 0 spiro atoms. The second kappa shape index (κ2) is 7.83. The van der Waals surface area contributed by atoms with E-state index in [4.69, 9.17) is 9.15 Å². The van der Waals surface area contributed by atoms with Gasteiger partial charge in [0, 0.05) is 19.1 Å². The number of nitrogens with zero attached hydrogens (tertiary/aromatic N) is 2. The summed E-state index contributed by atoms with van der Waals surface area (Å²) < 4.78 is 10.7. The summed E-state index contributed by atoms with van der Waals surface area (Å²) in [7, 11) is 1.89. The molecule has 1 atom stereocenters. The molecule has 6 nitrogen and oxygen atoms in total. The highest BCUT2D eigenvalue weighted by Crippen LogP contribution is 2.21. The first kappa shape index (κ1) is 18.5. The molecular formula is C18H28N2O4. The maximum atomic E-state index is 12.4. The van der Waals surface area contributed by atoms with E-state index in [1.807, 2.05) is 37.6 Å². The zero-order valence-corrected chi connectivity index (χ0v) is 15.1. The quantitative estimate of drug-likeness (QED) is 0.773. The number of Topliss-reactive ketones (excluding diaryl/α,β-unsaturated/α-hetero) is 1. The van der Waals surface area contributed by atoms with E-state index in [1.54, 1.807) is 12.1 Å². The second-order valence-corrected chi connectivity index (χ2v) is 7.42. The van der Waals surface area contributed by atoms with Crippen molar-refractivity contribution in [3.05, 3.63) is 24.2 Å². The van der Waals surface area contributed by atoms with Gasteiger partial charge in [-0.1, -0.05) is 0 Å². The van der Waals surface area contributed by atoms with Crippen LogP contribution in [0.4, 0.5) is 4.79 Å². The van der Waals surface area contributed by atoms with E-state index in [0.717, 1.165) is 19.3 Å². The molecule has 1 aliphatic rings. The molecule has 0 aliphatic carbocycles. The van der Waals surface area contributed by atoms with Crippen molar-refractivity contribution in [1.82, 2.24) is 9.80 Å². The topological polar surface area (TPSA) is 63.0 Å². The van der Waals surface area contributed by atoms with E-state index in [0.29, 0.717) is 18.8 Å². The van der Waals surface area contributed by atoms with Gasteiger partial charge in [0.2, 0.25) is 5.78 Å². The Labute approximate surface area is 143 Å². The Kier molecular flexibility index (Phi) is 6.04. The summed E-state index contributed by atoms with van der Waals surface area (Å²) in [6.45, 7) is 7.24. The summed E-state index contributed by atoms with van der Waals surface area (Å²) in [5.41, 5.74) is -0.500. The minimum atomic E-state index is -0.500. The normalized spacial score (nSPS) is 18.7. The molecule has 1 unspecified atom stereocenters. The Morgan fingerprint density at radius 1 is 1.38 bits per heavy atom. The maximum Gasteiger partial charge on any atom is 0.410 e. The maximum absolute atomic E-state index is 12.4. The van der Waals surface area contributed by atoms with Gasteiger partial charge in [0.15, 0.2) is 5.76 Å². The molecule has 1 amide bonds. The zero-order chi connectivity index (χ0) is 17.7. The summed E-state index contributed by atoms with van der Waals surface area (Å²) in [5.74, 6) is 0.316. The van der Waals surface area contributed by atoms with E-state index in [1.165, 1.54) is 6.26 Å². The van der Waals surface area contributed by atoms with Crippen molar-refractivity contribution in [1.29, 1.82) is 0 Å². The van der Waals surface area contributed by atoms with Crippen LogP contribution in [-0.4, -0.2) is 60.0 Å². The molecule has 1 aromatic rings. The van der Waals surface area contributed by atoms with Crippen LogP contribution in [0.1, 0.15) is 50.6 Å². The SMILES string of the molecule is CN(CC(=O)c1ccco1)CC1CCCCN1C(=O)OC(C)(C)C. The highest BCUT2D eigenvalue weighted by Gasteiger charge is 2.31. The first-order valence-corrected chi connectivity index (χ1v) is 8.51. The summed E-state index contributed by atoms with van der Waals surface area (Å²) in [4.78, 5) is 28.3. The van der Waals surface area contributed by atoms with Crippen molar-refractivity contribution in [3.8, 4) is 0 Å². The van der Waals surface area contributed by atoms with Crippen LogP contribution in [0, 0.1) is 0 Å². The number of ketones is 1. The molecule has 0 saturated carbocycles. The molecule has 0 bridgehead atoms. The molecule has 2 rings (SSSR count). The van der Waals surface area contributed by atoms with Gasteiger partial charge in [0.05, 0.1) is 12.8 Å². The fourth-order valence-electron chi connectivity index (χ4n) is 2.94. The van der Waals surface area contributed by atoms with Gasteiger partial charge in [0.1, 0.15) is 5.60 Å². The molecule has 1 saturated heterocycles. The number of rotatable bonds is 5. The van der Waals surface area contributed by atoms with Crippen molar-refractivity contribution in [2.24, 2.45) is 0 Å². The lowest BCUT2D eigenvalue weighted by Crippen LogP contribution is -2.50. The Hall–Kier alpha value is -1.82. The van der Waals surface area contributed by atoms with Crippen molar-refractivity contribution < 1.29 is 18.7 Å². The Balaban J connectivity index is 1.92. The fraction of sp³-hybridized carbons (Fsp3) is 0.667. The van der Waals surface area contributed by atoms with E-state index < -0.39 is 5.60 Å². The van der Waals surface area contributed by atoms with Gasteiger partial charge < -0.3 is 14.1 Å². The predicted octanol–water partition coefficient (Wildman–Crippen LogP) is 3.18. The molecule has 1 aromatic heterocycles. The van der Waals surface area contributed by atoms with Crippen LogP contribution in [0.5, 0.6) is 0 Å². The van der Waals surface area contributed by atoms with Gasteiger partial charge in [0.25, 0.3) is 0 Å². The third kappa shape index (κ3) is 5.37.